The van der Waals surface area contributed by atoms with Crippen LogP contribution in [0.25, 0.3) is 0 Å². The van der Waals surface area contributed by atoms with Crippen LogP contribution in [0.3, 0.4) is 0 Å². The highest BCUT2D eigenvalue weighted by Gasteiger charge is 2.28. The zero-order chi connectivity index (χ0) is 14.8. The standard InChI is InChI=1S/C14H20N2O3S/c1-3-11(2)15-14(17)12-5-7-13(8-6-12)16-9-4-10-20(16,18)19/h5-8,11H,3-4,9-10H2,1-2H3,(H,15,17)/t11-/m0/s1. The predicted molar refractivity (Wildman–Crippen MR) is 79.4 cm³/mol. The molecule has 20 heavy (non-hydrogen) atoms. The predicted octanol–water partition coefficient (Wildman–Crippen LogP) is 1.75. The first kappa shape index (κ1) is 14.8. The minimum atomic E-state index is -3.16. The molecule has 1 N–H and O–H groups in total. The van der Waals surface area contributed by atoms with Crippen LogP contribution in [0.1, 0.15) is 37.0 Å². The Kier molecular flexibility index (Phi) is 4.32. The molecule has 0 aliphatic carbocycles. The molecule has 1 aliphatic heterocycles. The van der Waals surface area contributed by atoms with Gasteiger partial charge in [0.25, 0.3) is 5.91 Å². The van der Waals surface area contributed by atoms with Crippen LogP contribution in [0.5, 0.6) is 0 Å². The Morgan fingerprint density at radius 2 is 2.00 bits per heavy atom. The van der Waals surface area contributed by atoms with Gasteiger partial charge in [-0.15, -0.1) is 0 Å². The summed E-state index contributed by atoms with van der Waals surface area (Å²) in [4.78, 5) is 11.9. The molecule has 1 saturated heterocycles. The van der Waals surface area contributed by atoms with Gasteiger partial charge < -0.3 is 5.32 Å². The summed E-state index contributed by atoms with van der Waals surface area (Å²) in [7, 11) is -3.16. The Labute approximate surface area is 120 Å². The van der Waals surface area contributed by atoms with Gasteiger partial charge in [0.2, 0.25) is 10.0 Å². The molecule has 1 heterocycles. The third-order valence-electron chi connectivity index (χ3n) is 3.51. The van der Waals surface area contributed by atoms with Crippen molar-refractivity contribution < 1.29 is 13.2 Å². The maximum Gasteiger partial charge on any atom is 0.251 e. The minimum absolute atomic E-state index is 0.126. The SMILES string of the molecule is CC[C@H](C)NC(=O)c1ccc(N2CCCS2(=O)=O)cc1. The summed E-state index contributed by atoms with van der Waals surface area (Å²) in [6.45, 7) is 4.47. The van der Waals surface area contributed by atoms with E-state index in [1.54, 1.807) is 24.3 Å². The van der Waals surface area contributed by atoms with E-state index in [1.807, 2.05) is 13.8 Å². The summed E-state index contributed by atoms with van der Waals surface area (Å²) < 4.78 is 25.0. The van der Waals surface area contributed by atoms with Gasteiger partial charge in [0.1, 0.15) is 0 Å². The minimum Gasteiger partial charge on any atom is -0.350 e. The van der Waals surface area contributed by atoms with E-state index in [1.165, 1.54) is 4.31 Å². The molecule has 110 valence electrons. The van der Waals surface area contributed by atoms with Crippen molar-refractivity contribution in [3.05, 3.63) is 29.8 Å². The largest absolute Gasteiger partial charge is 0.350 e. The van der Waals surface area contributed by atoms with Gasteiger partial charge in [-0.05, 0) is 44.0 Å². The number of nitrogens with one attached hydrogen (secondary N) is 1. The van der Waals surface area contributed by atoms with Crippen LogP contribution in [0.15, 0.2) is 24.3 Å². The Balaban J connectivity index is 2.12. The van der Waals surface area contributed by atoms with Crippen molar-refractivity contribution in [3.63, 3.8) is 0 Å². The molecule has 1 aromatic carbocycles. The molecule has 1 fully saturated rings. The molecule has 1 aromatic rings. The maximum atomic E-state index is 11.9. The Hall–Kier alpha value is -1.56. The molecular formula is C14H20N2O3S. The molecule has 0 unspecified atom stereocenters. The van der Waals surface area contributed by atoms with Crippen molar-refractivity contribution in [2.45, 2.75) is 32.7 Å². The molecule has 1 aliphatic rings. The molecule has 1 atom stereocenters. The first-order valence-electron chi connectivity index (χ1n) is 6.85. The number of amides is 1. The van der Waals surface area contributed by atoms with Gasteiger partial charge in [-0.2, -0.15) is 0 Å². The van der Waals surface area contributed by atoms with Gasteiger partial charge in [-0.25, -0.2) is 8.42 Å². The highest BCUT2D eigenvalue weighted by atomic mass is 32.2. The van der Waals surface area contributed by atoms with Crippen LogP contribution in [0.4, 0.5) is 5.69 Å². The average molecular weight is 296 g/mol. The van der Waals surface area contributed by atoms with E-state index < -0.39 is 10.0 Å². The summed E-state index contributed by atoms with van der Waals surface area (Å²) in [6.07, 6.45) is 1.52. The summed E-state index contributed by atoms with van der Waals surface area (Å²) in [5, 5.41) is 2.88. The second kappa shape index (κ2) is 5.83. The van der Waals surface area contributed by atoms with Crippen molar-refractivity contribution >= 4 is 21.6 Å². The topological polar surface area (TPSA) is 66.5 Å². The average Bonchev–Trinajstić information content (AvgIpc) is 2.78. The van der Waals surface area contributed by atoms with Gasteiger partial charge >= 0.3 is 0 Å². The summed E-state index contributed by atoms with van der Waals surface area (Å²) in [5.74, 6) is 0.0682. The van der Waals surface area contributed by atoms with Crippen LogP contribution < -0.4 is 9.62 Å². The van der Waals surface area contributed by atoms with E-state index in [9.17, 15) is 13.2 Å². The van der Waals surface area contributed by atoms with Crippen molar-refractivity contribution in [2.24, 2.45) is 0 Å². The Morgan fingerprint density at radius 1 is 1.35 bits per heavy atom. The molecule has 0 aromatic heterocycles. The fourth-order valence-corrected chi connectivity index (χ4v) is 3.68. The highest BCUT2D eigenvalue weighted by Crippen LogP contribution is 2.24. The number of benzene rings is 1. The summed E-state index contributed by atoms with van der Waals surface area (Å²) in [6, 6.07) is 6.84. The quantitative estimate of drug-likeness (QED) is 0.920. The lowest BCUT2D eigenvalue weighted by molar-refractivity contribution is 0.0939. The van der Waals surface area contributed by atoms with Crippen LogP contribution in [0, 0.1) is 0 Å². The van der Waals surface area contributed by atoms with Gasteiger partial charge in [0.15, 0.2) is 0 Å². The van der Waals surface area contributed by atoms with Crippen LogP contribution >= 0.6 is 0 Å². The Bertz CT molecular complexity index is 581. The van der Waals surface area contributed by atoms with Crippen molar-refractivity contribution in [1.82, 2.24) is 5.32 Å². The van der Waals surface area contributed by atoms with Gasteiger partial charge in [-0.3, -0.25) is 9.10 Å². The van der Waals surface area contributed by atoms with Gasteiger partial charge in [-0.1, -0.05) is 6.92 Å². The van der Waals surface area contributed by atoms with Crippen molar-refractivity contribution in [1.29, 1.82) is 0 Å². The lowest BCUT2D eigenvalue weighted by Gasteiger charge is -2.17. The van der Waals surface area contributed by atoms with E-state index in [0.29, 0.717) is 24.2 Å². The zero-order valence-corrected chi connectivity index (χ0v) is 12.6. The number of hydrogen-bond donors (Lipinski definition) is 1. The third-order valence-corrected chi connectivity index (χ3v) is 5.38. The lowest BCUT2D eigenvalue weighted by Crippen LogP contribution is -2.32. The number of carbonyl (C=O) groups excluding carboxylic acids is 1. The first-order chi connectivity index (χ1) is 9.44. The molecule has 2 rings (SSSR count). The van der Waals surface area contributed by atoms with Crippen molar-refractivity contribution in [2.75, 3.05) is 16.6 Å². The van der Waals surface area contributed by atoms with E-state index in [2.05, 4.69) is 5.32 Å². The number of nitrogens with zero attached hydrogens (tertiary/aromatic N) is 1. The van der Waals surface area contributed by atoms with Gasteiger partial charge in [0.05, 0.1) is 11.4 Å². The zero-order valence-electron chi connectivity index (χ0n) is 11.8. The number of anilines is 1. The smallest absolute Gasteiger partial charge is 0.251 e. The number of carbonyl (C=O) groups is 1. The van der Waals surface area contributed by atoms with E-state index in [4.69, 9.17) is 0 Å². The molecular weight excluding hydrogens is 276 g/mol. The molecule has 6 heteroatoms. The molecule has 5 nitrogen and oxygen atoms in total. The normalized spacial score (nSPS) is 18.8. The van der Waals surface area contributed by atoms with Crippen molar-refractivity contribution in [3.8, 4) is 0 Å². The molecule has 0 radical (unpaired) electrons. The van der Waals surface area contributed by atoms with E-state index >= 15 is 0 Å². The summed E-state index contributed by atoms with van der Waals surface area (Å²) >= 11 is 0. The fraction of sp³-hybridized carbons (Fsp3) is 0.500. The second-order valence-electron chi connectivity index (χ2n) is 5.07. The number of hydrogen-bond acceptors (Lipinski definition) is 3. The van der Waals surface area contributed by atoms with Crippen LogP contribution in [0.2, 0.25) is 0 Å². The molecule has 0 spiro atoms. The highest BCUT2D eigenvalue weighted by molar-refractivity contribution is 7.93. The van der Waals surface area contributed by atoms with Gasteiger partial charge in [0, 0.05) is 18.2 Å². The van der Waals surface area contributed by atoms with Crippen LogP contribution in [-0.4, -0.2) is 32.7 Å². The number of rotatable bonds is 4. The van der Waals surface area contributed by atoms with E-state index in [-0.39, 0.29) is 17.7 Å². The Morgan fingerprint density at radius 3 is 2.50 bits per heavy atom. The number of sulfonamides is 1. The third kappa shape index (κ3) is 3.12. The maximum absolute atomic E-state index is 11.9. The lowest BCUT2D eigenvalue weighted by atomic mass is 10.1. The van der Waals surface area contributed by atoms with E-state index in [0.717, 1.165) is 6.42 Å². The summed E-state index contributed by atoms with van der Waals surface area (Å²) in [5.41, 5.74) is 1.17. The fourth-order valence-electron chi connectivity index (χ4n) is 2.12. The first-order valence-corrected chi connectivity index (χ1v) is 8.46. The monoisotopic (exact) mass is 296 g/mol. The van der Waals surface area contributed by atoms with Crippen LogP contribution in [-0.2, 0) is 10.0 Å². The molecule has 1 amide bonds. The molecule has 0 saturated carbocycles. The molecule has 0 bridgehead atoms. The second-order valence-corrected chi connectivity index (χ2v) is 7.08.